The minimum absolute atomic E-state index is 0.0558. The summed E-state index contributed by atoms with van der Waals surface area (Å²) in [6, 6.07) is 17.0. The van der Waals surface area contributed by atoms with E-state index in [1.807, 2.05) is 18.2 Å². The van der Waals surface area contributed by atoms with E-state index in [2.05, 4.69) is 5.32 Å². The Balaban J connectivity index is 2.07. The average molecular weight is 364 g/mol. The van der Waals surface area contributed by atoms with E-state index < -0.39 is 17.7 Å². The number of likely N-dealkylation sites (tertiary alicyclic amines) is 1. The molecular weight excluding hydrogens is 344 g/mol. The molecule has 1 saturated heterocycles. The van der Waals surface area contributed by atoms with Crippen molar-refractivity contribution in [1.29, 1.82) is 0 Å². The van der Waals surface area contributed by atoms with Crippen molar-refractivity contribution in [3.8, 4) is 0 Å². The molecule has 1 heterocycles. The van der Waals surface area contributed by atoms with Gasteiger partial charge in [0.2, 0.25) is 5.91 Å². The molecule has 2 aromatic carbocycles. The third-order valence-corrected chi connectivity index (χ3v) is 4.43. The first-order valence-electron chi connectivity index (χ1n) is 8.64. The van der Waals surface area contributed by atoms with Gasteiger partial charge in [-0.25, -0.2) is 0 Å². The Labute approximate surface area is 157 Å². The maximum absolute atomic E-state index is 12.7. The van der Waals surface area contributed by atoms with Crippen LogP contribution in [0.4, 0.5) is 0 Å². The molecule has 0 radical (unpaired) electrons. The van der Waals surface area contributed by atoms with Gasteiger partial charge in [-0.3, -0.25) is 14.4 Å². The number of aliphatic hydroxyl groups is 1. The van der Waals surface area contributed by atoms with Crippen LogP contribution in [0.2, 0.25) is 0 Å². The molecule has 0 bridgehead atoms. The molecule has 3 rings (SSSR count). The molecule has 0 aliphatic carbocycles. The minimum Gasteiger partial charge on any atom is -0.507 e. The summed E-state index contributed by atoms with van der Waals surface area (Å²) in [5, 5.41) is 13.4. The van der Waals surface area contributed by atoms with E-state index in [1.165, 1.54) is 11.8 Å². The predicted octanol–water partition coefficient (Wildman–Crippen LogP) is 2.24. The quantitative estimate of drug-likeness (QED) is 0.484. The molecule has 6 heteroatoms. The van der Waals surface area contributed by atoms with Crippen LogP contribution in [0.5, 0.6) is 0 Å². The third kappa shape index (κ3) is 3.74. The molecule has 1 aliphatic heterocycles. The first-order chi connectivity index (χ1) is 13.0. The number of hydrogen-bond donors (Lipinski definition) is 2. The van der Waals surface area contributed by atoms with Gasteiger partial charge in [0.15, 0.2) is 0 Å². The number of carbonyl (C=O) groups excluding carboxylic acids is 3. The number of carbonyl (C=O) groups is 3. The summed E-state index contributed by atoms with van der Waals surface area (Å²) in [6.07, 6.45) is 0. The summed E-state index contributed by atoms with van der Waals surface area (Å²) in [5.74, 6) is -1.84. The van der Waals surface area contributed by atoms with Crippen molar-refractivity contribution in [2.45, 2.75) is 13.0 Å². The van der Waals surface area contributed by atoms with Gasteiger partial charge in [-0.1, -0.05) is 60.7 Å². The van der Waals surface area contributed by atoms with Gasteiger partial charge in [-0.15, -0.1) is 0 Å². The van der Waals surface area contributed by atoms with Crippen LogP contribution < -0.4 is 5.32 Å². The van der Waals surface area contributed by atoms with Crippen molar-refractivity contribution < 1.29 is 19.5 Å². The Morgan fingerprint density at radius 2 is 1.63 bits per heavy atom. The first-order valence-corrected chi connectivity index (χ1v) is 8.64. The molecule has 1 fully saturated rings. The molecule has 1 aliphatic rings. The van der Waals surface area contributed by atoms with E-state index in [1.54, 1.807) is 42.5 Å². The van der Waals surface area contributed by atoms with Gasteiger partial charge in [-0.05, 0) is 5.56 Å². The molecule has 1 atom stereocenters. The number of Topliss-reactive ketones (excluding diaryl/α,β-unsaturated/α-hetero) is 1. The fourth-order valence-electron chi connectivity index (χ4n) is 3.20. The van der Waals surface area contributed by atoms with Crippen molar-refractivity contribution in [2.24, 2.45) is 0 Å². The van der Waals surface area contributed by atoms with Crippen molar-refractivity contribution >= 4 is 23.4 Å². The minimum atomic E-state index is -0.729. The lowest BCUT2D eigenvalue weighted by Crippen LogP contribution is -2.37. The van der Waals surface area contributed by atoms with Crippen LogP contribution >= 0.6 is 0 Å². The van der Waals surface area contributed by atoms with E-state index in [-0.39, 0.29) is 30.3 Å². The van der Waals surface area contributed by atoms with Crippen molar-refractivity contribution in [2.75, 3.05) is 13.1 Å². The normalized spacial score (nSPS) is 18.6. The lowest BCUT2D eigenvalue weighted by Gasteiger charge is -2.25. The highest BCUT2D eigenvalue weighted by Gasteiger charge is 2.45. The van der Waals surface area contributed by atoms with Crippen LogP contribution in [0.3, 0.4) is 0 Å². The molecular formula is C21H20N2O4. The number of rotatable bonds is 5. The second kappa shape index (κ2) is 7.86. The fourth-order valence-corrected chi connectivity index (χ4v) is 3.20. The lowest BCUT2D eigenvalue weighted by atomic mass is 9.95. The van der Waals surface area contributed by atoms with Crippen molar-refractivity contribution in [3.63, 3.8) is 0 Å². The zero-order valence-electron chi connectivity index (χ0n) is 14.9. The summed E-state index contributed by atoms with van der Waals surface area (Å²) < 4.78 is 0. The highest BCUT2D eigenvalue weighted by Crippen LogP contribution is 2.38. The van der Waals surface area contributed by atoms with Gasteiger partial charge in [-0.2, -0.15) is 0 Å². The second-order valence-electron chi connectivity index (χ2n) is 6.25. The maximum atomic E-state index is 12.7. The van der Waals surface area contributed by atoms with Crippen LogP contribution in [-0.2, 0) is 14.4 Å². The number of benzene rings is 2. The number of nitrogens with one attached hydrogen (secondary N) is 1. The van der Waals surface area contributed by atoms with Crippen LogP contribution in [0.1, 0.15) is 24.1 Å². The molecule has 138 valence electrons. The van der Waals surface area contributed by atoms with E-state index in [0.717, 1.165) is 5.56 Å². The number of aliphatic hydroxyl groups excluding tert-OH is 1. The summed E-state index contributed by atoms with van der Waals surface area (Å²) in [5.41, 5.74) is 1.25. The smallest absolute Gasteiger partial charge is 0.295 e. The topological polar surface area (TPSA) is 86.7 Å². The van der Waals surface area contributed by atoms with Crippen LogP contribution in [0, 0.1) is 0 Å². The Morgan fingerprint density at radius 3 is 2.22 bits per heavy atom. The van der Waals surface area contributed by atoms with Crippen molar-refractivity contribution in [1.82, 2.24) is 10.2 Å². The Morgan fingerprint density at radius 1 is 1.04 bits per heavy atom. The fraction of sp³-hybridized carbons (Fsp3) is 0.190. The standard InChI is InChI=1S/C21H20N2O4/c1-14(24)22-12-13-23-18(15-8-4-2-5-9-15)17(20(26)21(23)27)19(25)16-10-6-3-7-11-16/h2-11,18,25H,12-13H2,1H3,(H,22,24)/t18-/m0/s1. The summed E-state index contributed by atoms with van der Waals surface area (Å²) >= 11 is 0. The van der Waals surface area contributed by atoms with Gasteiger partial charge in [0.1, 0.15) is 5.76 Å². The summed E-state index contributed by atoms with van der Waals surface area (Å²) in [7, 11) is 0. The highest BCUT2D eigenvalue weighted by molar-refractivity contribution is 6.46. The third-order valence-electron chi connectivity index (χ3n) is 4.43. The summed E-state index contributed by atoms with van der Waals surface area (Å²) in [6.45, 7) is 1.77. The molecule has 6 nitrogen and oxygen atoms in total. The van der Waals surface area contributed by atoms with E-state index in [4.69, 9.17) is 0 Å². The average Bonchev–Trinajstić information content (AvgIpc) is 2.93. The molecule has 0 aromatic heterocycles. The van der Waals surface area contributed by atoms with Crippen LogP contribution in [-0.4, -0.2) is 40.7 Å². The van der Waals surface area contributed by atoms with Gasteiger partial charge in [0.25, 0.3) is 11.7 Å². The first kappa shape index (κ1) is 18.4. The van der Waals surface area contributed by atoms with Crippen molar-refractivity contribution in [3.05, 3.63) is 77.4 Å². The summed E-state index contributed by atoms with van der Waals surface area (Å²) in [4.78, 5) is 37.9. The number of nitrogens with zero attached hydrogens (tertiary/aromatic N) is 1. The Kier molecular flexibility index (Phi) is 5.35. The number of hydrogen-bond acceptors (Lipinski definition) is 4. The molecule has 0 unspecified atom stereocenters. The molecule has 27 heavy (non-hydrogen) atoms. The van der Waals surface area contributed by atoms with E-state index in [0.29, 0.717) is 5.56 Å². The van der Waals surface area contributed by atoms with Gasteiger partial charge in [0, 0.05) is 25.6 Å². The largest absolute Gasteiger partial charge is 0.507 e. The lowest BCUT2D eigenvalue weighted by molar-refractivity contribution is -0.139. The van der Waals surface area contributed by atoms with Crippen LogP contribution in [0.15, 0.2) is 66.2 Å². The molecule has 0 spiro atoms. The van der Waals surface area contributed by atoms with Gasteiger partial charge >= 0.3 is 0 Å². The SMILES string of the molecule is CC(=O)NCCN1C(=O)C(=O)C(=C(O)c2ccccc2)[C@@H]1c1ccccc1. The Hall–Kier alpha value is -3.41. The van der Waals surface area contributed by atoms with Crippen LogP contribution in [0.25, 0.3) is 5.76 Å². The molecule has 2 N–H and O–H groups in total. The zero-order chi connectivity index (χ0) is 19.4. The molecule has 2 amide bonds. The number of ketones is 1. The monoisotopic (exact) mass is 364 g/mol. The highest BCUT2D eigenvalue weighted by atomic mass is 16.3. The van der Waals surface area contributed by atoms with Gasteiger partial charge in [0.05, 0.1) is 11.6 Å². The zero-order valence-corrected chi connectivity index (χ0v) is 14.9. The predicted molar refractivity (Wildman–Crippen MR) is 101 cm³/mol. The van der Waals surface area contributed by atoms with E-state index in [9.17, 15) is 19.5 Å². The molecule has 2 aromatic rings. The number of amides is 2. The van der Waals surface area contributed by atoms with E-state index >= 15 is 0 Å². The van der Waals surface area contributed by atoms with Gasteiger partial charge < -0.3 is 15.3 Å². The Bertz CT molecular complexity index is 891. The molecule has 0 saturated carbocycles. The second-order valence-corrected chi connectivity index (χ2v) is 6.25. The maximum Gasteiger partial charge on any atom is 0.295 e.